The Bertz CT molecular complexity index is 301. The molecule has 0 saturated heterocycles. The van der Waals surface area contributed by atoms with Crippen LogP contribution in [0.3, 0.4) is 0 Å². The van der Waals surface area contributed by atoms with Gasteiger partial charge in [-0.1, -0.05) is 13.8 Å². The maximum atomic E-state index is 5.72. The van der Waals surface area contributed by atoms with Crippen LogP contribution in [0.25, 0.3) is 0 Å². The molecule has 0 radical (unpaired) electrons. The molecule has 1 N–H and O–H groups in total. The van der Waals surface area contributed by atoms with E-state index in [4.69, 9.17) is 4.42 Å². The molecule has 1 rings (SSSR count). The van der Waals surface area contributed by atoms with Crippen LogP contribution >= 0.6 is 0 Å². The number of hydrogen-bond donors (Lipinski definition) is 1. The van der Waals surface area contributed by atoms with Crippen LogP contribution in [-0.2, 0) is 6.42 Å². The third kappa shape index (κ3) is 3.38. The Kier molecular flexibility index (Phi) is 3.97. The van der Waals surface area contributed by atoms with Gasteiger partial charge in [0, 0.05) is 12.0 Å². The SMILES string of the molecule is CCc1ccc(C(C)NC(C)(C)CC)o1. The second-order valence-electron chi connectivity index (χ2n) is 4.76. The molecule has 0 fully saturated rings. The highest BCUT2D eigenvalue weighted by atomic mass is 16.3. The standard InChI is InChI=1S/C13H23NO/c1-6-11-8-9-12(15-11)10(3)14-13(4,5)7-2/h8-10,14H,6-7H2,1-5H3. The maximum absolute atomic E-state index is 5.72. The Morgan fingerprint density at radius 3 is 2.47 bits per heavy atom. The lowest BCUT2D eigenvalue weighted by Gasteiger charge is -2.28. The normalized spacial score (nSPS) is 14.2. The minimum absolute atomic E-state index is 0.165. The molecule has 86 valence electrons. The summed E-state index contributed by atoms with van der Waals surface area (Å²) in [5, 5.41) is 3.57. The van der Waals surface area contributed by atoms with E-state index in [-0.39, 0.29) is 11.6 Å². The zero-order valence-corrected chi connectivity index (χ0v) is 10.6. The molecule has 2 heteroatoms. The van der Waals surface area contributed by atoms with Crippen molar-refractivity contribution in [2.24, 2.45) is 0 Å². The summed E-state index contributed by atoms with van der Waals surface area (Å²) in [6, 6.07) is 4.41. The van der Waals surface area contributed by atoms with Crippen molar-refractivity contribution in [3.8, 4) is 0 Å². The van der Waals surface area contributed by atoms with Crippen LogP contribution < -0.4 is 5.32 Å². The Morgan fingerprint density at radius 1 is 1.33 bits per heavy atom. The molecule has 1 aromatic heterocycles. The Hall–Kier alpha value is -0.760. The van der Waals surface area contributed by atoms with Crippen molar-refractivity contribution in [2.45, 2.75) is 59.0 Å². The monoisotopic (exact) mass is 209 g/mol. The van der Waals surface area contributed by atoms with Gasteiger partial charge in [0.2, 0.25) is 0 Å². The third-order valence-corrected chi connectivity index (χ3v) is 2.95. The molecule has 0 amide bonds. The Labute approximate surface area is 93.1 Å². The van der Waals surface area contributed by atoms with E-state index in [1.54, 1.807) is 0 Å². The first-order valence-electron chi connectivity index (χ1n) is 5.84. The highest BCUT2D eigenvalue weighted by molar-refractivity contribution is 5.10. The van der Waals surface area contributed by atoms with Gasteiger partial charge in [0.15, 0.2) is 0 Å². The summed E-state index contributed by atoms with van der Waals surface area (Å²) in [4.78, 5) is 0. The van der Waals surface area contributed by atoms with Crippen molar-refractivity contribution < 1.29 is 4.42 Å². The lowest BCUT2D eigenvalue weighted by atomic mass is 10.0. The van der Waals surface area contributed by atoms with Gasteiger partial charge < -0.3 is 9.73 Å². The molecule has 1 aromatic rings. The largest absolute Gasteiger partial charge is 0.464 e. The molecular weight excluding hydrogens is 186 g/mol. The van der Waals surface area contributed by atoms with Crippen LogP contribution in [0.5, 0.6) is 0 Å². The van der Waals surface area contributed by atoms with Gasteiger partial charge in [-0.3, -0.25) is 0 Å². The summed E-state index contributed by atoms with van der Waals surface area (Å²) < 4.78 is 5.72. The number of hydrogen-bond acceptors (Lipinski definition) is 2. The van der Waals surface area contributed by atoms with Crippen molar-refractivity contribution in [1.29, 1.82) is 0 Å². The zero-order chi connectivity index (χ0) is 11.5. The molecular formula is C13H23NO. The lowest BCUT2D eigenvalue weighted by molar-refractivity contribution is 0.305. The first-order valence-corrected chi connectivity index (χ1v) is 5.84. The topological polar surface area (TPSA) is 25.2 Å². The molecule has 1 atom stereocenters. The summed E-state index contributed by atoms with van der Waals surface area (Å²) >= 11 is 0. The van der Waals surface area contributed by atoms with Gasteiger partial charge in [-0.2, -0.15) is 0 Å². The van der Waals surface area contributed by atoms with E-state index in [1.165, 1.54) is 0 Å². The van der Waals surface area contributed by atoms with Crippen LogP contribution in [0.1, 0.15) is 58.6 Å². The van der Waals surface area contributed by atoms with E-state index in [1.807, 2.05) is 0 Å². The molecule has 0 spiro atoms. The third-order valence-electron chi connectivity index (χ3n) is 2.95. The Balaban J connectivity index is 2.64. The van der Waals surface area contributed by atoms with Gasteiger partial charge in [-0.15, -0.1) is 0 Å². The minimum atomic E-state index is 0.165. The molecule has 0 aliphatic heterocycles. The van der Waals surface area contributed by atoms with Crippen LogP contribution in [0.2, 0.25) is 0 Å². The van der Waals surface area contributed by atoms with Crippen molar-refractivity contribution in [2.75, 3.05) is 0 Å². The molecule has 0 bridgehead atoms. The van der Waals surface area contributed by atoms with E-state index in [2.05, 4.69) is 52.1 Å². The van der Waals surface area contributed by atoms with E-state index >= 15 is 0 Å². The second-order valence-corrected chi connectivity index (χ2v) is 4.76. The van der Waals surface area contributed by atoms with E-state index < -0.39 is 0 Å². The van der Waals surface area contributed by atoms with Gasteiger partial charge in [-0.05, 0) is 39.3 Å². The van der Waals surface area contributed by atoms with Gasteiger partial charge in [0.25, 0.3) is 0 Å². The Morgan fingerprint density at radius 2 is 2.00 bits per heavy atom. The van der Waals surface area contributed by atoms with E-state index in [0.717, 1.165) is 24.4 Å². The first-order chi connectivity index (χ1) is 6.98. The molecule has 1 heterocycles. The second kappa shape index (κ2) is 4.84. The fourth-order valence-corrected chi connectivity index (χ4v) is 1.58. The number of nitrogens with one attached hydrogen (secondary N) is 1. The van der Waals surface area contributed by atoms with Gasteiger partial charge in [0.05, 0.1) is 6.04 Å². The predicted molar refractivity (Wildman–Crippen MR) is 64.0 cm³/mol. The highest BCUT2D eigenvalue weighted by Crippen LogP contribution is 2.20. The summed E-state index contributed by atoms with van der Waals surface area (Å²) in [7, 11) is 0. The van der Waals surface area contributed by atoms with E-state index in [9.17, 15) is 0 Å². The van der Waals surface area contributed by atoms with Crippen LogP contribution in [0.4, 0.5) is 0 Å². The summed E-state index contributed by atoms with van der Waals surface area (Å²) in [5.74, 6) is 2.10. The molecule has 0 saturated carbocycles. The predicted octanol–water partition coefficient (Wildman–Crippen LogP) is 3.68. The summed E-state index contributed by atoms with van der Waals surface area (Å²) in [5.41, 5.74) is 0.165. The highest BCUT2D eigenvalue weighted by Gasteiger charge is 2.20. The van der Waals surface area contributed by atoms with Gasteiger partial charge >= 0.3 is 0 Å². The fraction of sp³-hybridized carbons (Fsp3) is 0.692. The molecule has 15 heavy (non-hydrogen) atoms. The number of furan rings is 1. The van der Waals surface area contributed by atoms with Crippen LogP contribution in [0.15, 0.2) is 16.5 Å². The molecule has 0 aromatic carbocycles. The number of aryl methyl sites for hydroxylation is 1. The zero-order valence-electron chi connectivity index (χ0n) is 10.6. The number of rotatable bonds is 5. The van der Waals surface area contributed by atoms with Gasteiger partial charge in [-0.25, -0.2) is 0 Å². The van der Waals surface area contributed by atoms with Crippen molar-refractivity contribution in [3.63, 3.8) is 0 Å². The van der Waals surface area contributed by atoms with Crippen molar-refractivity contribution in [1.82, 2.24) is 5.32 Å². The van der Waals surface area contributed by atoms with E-state index in [0.29, 0.717) is 0 Å². The average Bonchev–Trinajstić information content (AvgIpc) is 2.65. The molecule has 2 nitrogen and oxygen atoms in total. The molecule has 0 aliphatic carbocycles. The average molecular weight is 209 g/mol. The smallest absolute Gasteiger partial charge is 0.120 e. The van der Waals surface area contributed by atoms with Gasteiger partial charge in [0.1, 0.15) is 11.5 Å². The minimum Gasteiger partial charge on any atom is -0.464 e. The fourth-order valence-electron chi connectivity index (χ4n) is 1.58. The maximum Gasteiger partial charge on any atom is 0.120 e. The first kappa shape index (κ1) is 12.3. The quantitative estimate of drug-likeness (QED) is 0.800. The van der Waals surface area contributed by atoms with Crippen molar-refractivity contribution in [3.05, 3.63) is 23.7 Å². The molecule has 1 unspecified atom stereocenters. The van der Waals surface area contributed by atoms with Crippen LogP contribution in [-0.4, -0.2) is 5.54 Å². The summed E-state index contributed by atoms with van der Waals surface area (Å²) in [6.45, 7) is 10.9. The van der Waals surface area contributed by atoms with Crippen LogP contribution in [0, 0.1) is 0 Å². The molecule has 0 aliphatic rings. The summed E-state index contributed by atoms with van der Waals surface area (Å²) in [6.07, 6.45) is 2.07. The van der Waals surface area contributed by atoms with Crippen molar-refractivity contribution >= 4 is 0 Å². The lowest BCUT2D eigenvalue weighted by Crippen LogP contribution is -2.39.